The second kappa shape index (κ2) is 7.31. The Hall–Kier alpha value is -1.76. The third-order valence-corrected chi connectivity index (χ3v) is 4.49. The molecule has 1 aromatic heterocycles. The fraction of sp³-hybridized carbons (Fsp3) is 0.267. The van der Waals surface area contributed by atoms with Gasteiger partial charge in [0.25, 0.3) is 0 Å². The standard InChI is InChI=1S/C15H17NO4S/c17-14(11-20-10-13-6-2-1-3-7-13)12-21(18,19)15-8-4-5-9-16-15/h1-9,14,17H,10-12H2. The van der Waals surface area contributed by atoms with Crippen LogP contribution < -0.4 is 0 Å². The minimum absolute atomic E-state index is 0.0351. The molecule has 2 rings (SSSR count). The van der Waals surface area contributed by atoms with Crippen molar-refractivity contribution in [2.24, 2.45) is 0 Å². The van der Waals surface area contributed by atoms with Gasteiger partial charge >= 0.3 is 0 Å². The third-order valence-electron chi connectivity index (χ3n) is 2.79. The van der Waals surface area contributed by atoms with Gasteiger partial charge in [0.1, 0.15) is 0 Å². The number of aliphatic hydroxyl groups is 1. The summed E-state index contributed by atoms with van der Waals surface area (Å²) < 4.78 is 29.3. The lowest BCUT2D eigenvalue weighted by Gasteiger charge is -2.11. The van der Waals surface area contributed by atoms with Crippen LogP contribution in [0.4, 0.5) is 0 Å². The zero-order valence-electron chi connectivity index (χ0n) is 11.4. The number of pyridine rings is 1. The van der Waals surface area contributed by atoms with Crippen molar-refractivity contribution < 1.29 is 18.3 Å². The average Bonchev–Trinajstić information content (AvgIpc) is 2.49. The highest BCUT2D eigenvalue weighted by Crippen LogP contribution is 2.09. The fourth-order valence-electron chi connectivity index (χ4n) is 1.80. The van der Waals surface area contributed by atoms with Crippen molar-refractivity contribution in [1.82, 2.24) is 4.98 Å². The van der Waals surface area contributed by atoms with Crippen LogP contribution in [0.15, 0.2) is 59.8 Å². The SMILES string of the molecule is O=S(=O)(CC(O)COCc1ccccc1)c1ccccn1. The van der Waals surface area contributed by atoms with Gasteiger partial charge in [0.2, 0.25) is 0 Å². The zero-order chi connectivity index (χ0) is 15.1. The number of rotatable bonds is 7. The molecule has 0 radical (unpaired) electrons. The summed E-state index contributed by atoms with van der Waals surface area (Å²) in [5.41, 5.74) is 0.970. The predicted octanol–water partition coefficient (Wildman–Crippen LogP) is 1.43. The highest BCUT2D eigenvalue weighted by atomic mass is 32.2. The van der Waals surface area contributed by atoms with Crippen molar-refractivity contribution in [3.63, 3.8) is 0 Å². The maximum Gasteiger partial charge on any atom is 0.198 e. The lowest BCUT2D eigenvalue weighted by molar-refractivity contribution is 0.0390. The molecule has 0 saturated heterocycles. The Balaban J connectivity index is 1.83. The first kappa shape index (κ1) is 15.6. The molecule has 6 heteroatoms. The minimum atomic E-state index is -3.60. The van der Waals surface area contributed by atoms with Gasteiger partial charge in [-0.15, -0.1) is 0 Å². The first-order valence-electron chi connectivity index (χ1n) is 6.51. The van der Waals surface area contributed by atoms with Gasteiger partial charge < -0.3 is 9.84 Å². The highest BCUT2D eigenvalue weighted by molar-refractivity contribution is 7.91. The Bertz CT molecular complexity index is 644. The molecule has 1 heterocycles. The van der Waals surface area contributed by atoms with E-state index in [0.717, 1.165) is 5.56 Å². The van der Waals surface area contributed by atoms with Gasteiger partial charge in [-0.2, -0.15) is 0 Å². The molecular formula is C15H17NO4S. The summed E-state index contributed by atoms with van der Waals surface area (Å²) in [6.45, 7) is 0.294. The smallest absolute Gasteiger partial charge is 0.198 e. The van der Waals surface area contributed by atoms with E-state index in [-0.39, 0.29) is 11.6 Å². The Morgan fingerprint density at radius 1 is 1.10 bits per heavy atom. The summed E-state index contributed by atoms with van der Waals surface area (Å²) in [5, 5.41) is 9.76. The number of benzene rings is 1. The maximum absolute atomic E-state index is 12.0. The maximum atomic E-state index is 12.0. The summed E-state index contributed by atoms with van der Waals surface area (Å²) in [6, 6.07) is 14.1. The molecule has 112 valence electrons. The van der Waals surface area contributed by atoms with Gasteiger partial charge in [-0.05, 0) is 17.7 Å². The van der Waals surface area contributed by atoms with E-state index in [4.69, 9.17) is 4.74 Å². The van der Waals surface area contributed by atoms with Crippen LogP contribution in [0.1, 0.15) is 5.56 Å². The van der Waals surface area contributed by atoms with Crippen LogP contribution in [-0.2, 0) is 21.2 Å². The van der Waals surface area contributed by atoms with E-state index >= 15 is 0 Å². The summed E-state index contributed by atoms with van der Waals surface area (Å²) in [5.74, 6) is -0.404. The Kier molecular flexibility index (Phi) is 5.44. The molecule has 0 saturated carbocycles. The Morgan fingerprint density at radius 3 is 2.48 bits per heavy atom. The third kappa shape index (κ3) is 4.93. The monoisotopic (exact) mass is 307 g/mol. The number of ether oxygens (including phenoxy) is 1. The fourth-order valence-corrected chi connectivity index (χ4v) is 3.09. The van der Waals surface area contributed by atoms with Crippen LogP contribution in [0.5, 0.6) is 0 Å². The summed E-state index contributed by atoms with van der Waals surface area (Å²) in [4.78, 5) is 3.79. The molecule has 1 aromatic carbocycles. The van der Waals surface area contributed by atoms with E-state index in [1.807, 2.05) is 30.3 Å². The first-order valence-corrected chi connectivity index (χ1v) is 8.17. The molecule has 0 spiro atoms. The largest absolute Gasteiger partial charge is 0.390 e. The molecule has 0 aliphatic carbocycles. The normalized spacial score (nSPS) is 13.0. The van der Waals surface area contributed by atoms with Crippen molar-refractivity contribution in [2.45, 2.75) is 17.7 Å². The van der Waals surface area contributed by atoms with Crippen LogP contribution in [0.2, 0.25) is 0 Å². The molecule has 0 amide bonds. The van der Waals surface area contributed by atoms with Crippen molar-refractivity contribution in [2.75, 3.05) is 12.4 Å². The van der Waals surface area contributed by atoms with Gasteiger partial charge in [-0.25, -0.2) is 13.4 Å². The number of hydrogen-bond donors (Lipinski definition) is 1. The van der Waals surface area contributed by atoms with Crippen molar-refractivity contribution >= 4 is 9.84 Å². The molecule has 0 fully saturated rings. The molecule has 0 aliphatic rings. The van der Waals surface area contributed by atoms with Gasteiger partial charge in [0, 0.05) is 6.20 Å². The number of nitrogens with zero attached hydrogens (tertiary/aromatic N) is 1. The molecule has 0 bridgehead atoms. The van der Waals surface area contributed by atoms with Crippen molar-refractivity contribution in [3.05, 3.63) is 60.3 Å². The van der Waals surface area contributed by atoms with E-state index in [2.05, 4.69) is 4.98 Å². The van der Waals surface area contributed by atoms with Crippen LogP contribution in [-0.4, -0.2) is 37.0 Å². The topological polar surface area (TPSA) is 76.5 Å². The van der Waals surface area contributed by atoms with Crippen LogP contribution in [0.3, 0.4) is 0 Å². The molecule has 5 nitrogen and oxygen atoms in total. The predicted molar refractivity (Wildman–Crippen MR) is 78.4 cm³/mol. The van der Waals surface area contributed by atoms with Gasteiger partial charge in [0.05, 0.1) is 25.1 Å². The highest BCUT2D eigenvalue weighted by Gasteiger charge is 2.20. The molecule has 21 heavy (non-hydrogen) atoms. The lowest BCUT2D eigenvalue weighted by Crippen LogP contribution is -2.26. The summed E-state index contributed by atoms with van der Waals surface area (Å²) >= 11 is 0. The van der Waals surface area contributed by atoms with E-state index < -0.39 is 21.7 Å². The van der Waals surface area contributed by atoms with Crippen molar-refractivity contribution in [3.8, 4) is 0 Å². The van der Waals surface area contributed by atoms with Crippen molar-refractivity contribution in [1.29, 1.82) is 0 Å². The molecule has 1 N–H and O–H groups in total. The summed E-state index contributed by atoms with van der Waals surface area (Å²) in [7, 11) is -3.60. The first-order chi connectivity index (χ1) is 10.1. The van der Waals surface area contributed by atoms with Gasteiger partial charge in [-0.3, -0.25) is 0 Å². The molecular weight excluding hydrogens is 290 g/mol. The molecule has 0 aliphatic heterocycles. The Labute approximate surface area is 124 Å². The van der Waals surface area contributed by atoms with Gasteiger partial charge in [0.15, 0.2) is 14.9 Å². The second-order valence-electron chi connectivity index (χ2n) is 4.60. The minimum Gasteiger partial charge on any atom is -0.390 e. The quantitative estimate of drug-likeness (QED) is 0.837. The number of sulfone groups is 1. The lowest BCUT2D eigenvalue weighted by atomic mass is 10.2. The van der Waals surface area contributed by atoms with Gasteiger partial charge in [-0.1, -0.05) is 36.4 Å². The Morgan fingerprint density at radius 2 is 1.81 bits per heavy atom. The van der Waals surface area contributed by atoms with E-state index in [9.17, 15) is 13.5 Å². The zero-order valence-corrected chi connectivity index (χ0v) is 12.2. The van der Waals surface area contributed by atoms with E-state index in [1.165, 1.54) is 12.3 Å². The second-order valence-corrected chi connectivity index (χ2v) is 6.59. The number of hydrogen-bond acceptors (Lipinski definition) is 5. The van der Waals surface area contributed by atoms with E-state index in [0.29, 0.717) is 6.61 Å². The van der Waals surface area contributed by atoms with E-state index in [1.54, 1.807) is 12.1 Å². The van der Waals surface area contributed by atoms with Crippen LogP contribution >= 0.6 is 0 Å². The van der Waals surface area contributed by atoms with Crippen LogP contribution in [0.25, 0.3) is 0 Å². The number of aliphatic hydroxyl groups excluding tert-OH is 1. The molecule has 1 atom stereocenters. The average molecular weight is 307 g/mol. The van der Waals surface area contributed by atoms with Crippen LogP contribution in [0, 0.1) is 0 Å². The number of aromatic nitrogens is 1. The summed E-state index contributed by atoms with van der Waals surface area (Å²) in [6.07, 6.45) is 0.325. The molecule has 1 unspecified atom stereocenters. The molecule has 2 aromatic rings.